The molecule has 0 spiro atoms. The third-order valence-electron chi connectivity index (χ3n) is 2.11. The molecule has 0 saturated carbocycles. The maximum absolute atomic E-state index is 4.44. The van der Waals surface area contributed by atoms with Gasteiger partial charge in [-0.3, -0.25) is 0 Å². The van der Waals surface area contributed by atoms with Crippen LogP contribution in [0.4, 0.5) is 0 Å². The molecule has 74 valence electrons. The third-order valence-corrected chi connectivity index (χ3v) is 2.69. The Bertz CT molecular complexity index is 436. The minimum absolute atomic E-state index is 0.799. The van der Waals surface area contributed by atoms with Crippen LogP contribution in [0.2, 0.25) is 0 Å². The van der Waals surface area contributed by atoms with Gasteiger partial charge in [-0.15, -0.1) is 0 Å². The van der Waals surface area contributed by atoms with Crippen LogP contribution in [0.15, 0.2) is 29.0 Å². The summed E-state index contributed by atoms with van der Waals surface area (Å²) < 4.78 is 3.00. The average Bonchev–Trinajstić information content (AvgIpc) is 2.54. The standard InChI is InChI=1S/C10H12BrN3/c1-2-12-7-9-13-10(11)8-5-3-4-6-14(8)9/h3-6,12H,2,7H2,1H3. The van der Waals surface area contributed by atoms with Gasteiger partial charge >= 0.3 is 0 Å². The number of nitrogens with one attached hydrogen (secondary N) is 1. The summed E-state index contributed by atoms with van der Waals surface area (Å²) in [6, 6.07) is 6.07. The number of hydrogen-bond donors (Lipinski definition) is 1. The highest BCUT2D eigenvalue weighted by atomic mass is 79.9. The first-order valence-electron chi connectivity index (χ1n) is 4.65. The zero-order valence-corrected chi connectivity index (χ0v) is 9.58. The van der Waals surface area contributed by atoms with E-state index in [1.807, 2.05) is 24.4 Å². The molecule has 0 unspecified atom stereocenters. The van der Waals surface area contributed by atoms with Crippen molar-refractivity contribution in [3.05, 3.63) is 34.8 Å². The molecule has 0 fully saturated rings. The van der Waals surface area contributed by atoms with Crippen LogP contribution in [-0.4, -0.2) is 15.9 Å². The summed E-state index contributed by atoms with van der Waals surface area (Å²) >= 11 is 3.45. The maximum atomic E-state index is 4.44. The molecular formula is C10H12BrN3. The Balaban J connectivity index is 2.44. The van der Waals surface area contributed by atoms with Crippen molar-refractivity contribution in [2.24, 2.45) is 0 Å². The van der Waals surface area contributed by atoms with Gasteiger partial charge in [0.1, 0.15) is 10.4 Å². The summed E-state index contributed by atoms with van der Waals surface area (Å²) in [5.41, 5.74) is 1.11. The van der Waals surface area contributed by atoms with E-state index < -0.39 is 0 Å². The fraction of sp³-hybridized carbons (Fsp3) is 0.300. The number of rotatable bonds is 3. The summed E-state index contributed by atoms with van der Waals surface area (Å²) in [4.78, 5) is 4.44. The second-order valence-corrected chi connectivity index (χ2v) is 3.81. The van der Waals surface area contributed by atoms with Crippen LogP contribution in [0.5, 0.6) is 0 Å². The molecule has 0 aromatic carbocycles. The van der Waals surface area contributed by atoms with Crippen molar-refractivity contribution in [3.8, 4) is 0 Å². The van der Waals surface area contributed by atoms with Gasteiger partial charge in [0.05, 0.1) is 12.1 Å². The summed E-state index contributed by atoms with van der Waals surface area (Å²) in [5.74, 6) is 1.04. The SMILES string of the molecule is CCNCc1nc(Br)c2ccccn12. The van der Waals surface area contributed by atoms with Gasteiger partial charge < -0.3 is 9.72 Å². The molecule has 3 nitrogen and oxygen atoms in total. The lowest BCUT2D eigenvalue weighted by molar-refractivity contribution is 0.688. The molecule has 0 aliphatic rings. The van der Waals surface area contributed by atoms with E-state index in [1.165, 1.54) is 0 Å². The van der Waals surface area contributed by atoms with E-state index >= 15 is 0 Å². The van der Waals surface area contributed by atoms with Gasteiger partial charge in [-0.05, 0) is 34.6 Å². The van der Waals surface area contributed by atoms with Crippen LogP contribution in [-0.2, 0) is 6.54 Å². The van der Waals surface area contributed by atoms with E-state index in [0.717, 1.165) is 29.0 Å². The maximum Gasteiger partial charge on any atom is 0.132 e. The zero-order chi connectivity index (χ0) is 9.97. The summed E-state index contributed by atoms with van der Waals surface area (Å²) in [6.07, 6.45) is 2.03. The van der Waals surface area contributed by atoms with Crippen LogP contribution < -0.4 is 5.32 Å². The van der Waals surface area contributed by atoms with Crippen molar-refractivity contribution in [3.63, 3.8) is 0 Å². The second kappa shape index (κ2) is 4.11. The molecule has 2 aromatic heterocycles. The fourth-order valence-electron chi connectivity index (χ4n) is 1.42. The van der Waals surface area contributed by atoms with Crippen molar-refractivity contribution in [1.82, 2.24) is 14.7 Å². The van der Waals surface area contributed by atoms with Gasteiger partial charge in [-0.1, -0.05) is 13.0 Å². The van der Waals surface area contributed by atoms with E-state index in [9.17, 15) is 0 Å². The number of imidazole rings is 1. The Morgan fingerprint density at radius 3 is 3.14 bits per heavy atom. The lowest BCUT2D eigenvalue weighted by Crippen LogP contribution is -2.14. The molecule has 4 heteroatoms. The number of pyridine rings is 1. The van der Waals surface area contributed by atoms with Crippen LogP contribution in [0.25, 0.3) is 5.52 Å². The molecule has 1 N–H and O–H groups in total. The van der Waals surface area contributed by atoms with Gasteiger partial charge in [0.2, 0.25) is 0 Å². The first-order chi connectivity index (χ1) is 6.83. The van der Waals surface area contributed by atoms with E-state index in [4.69, 9.17) is 0 Å². The van der Waals surface area contributed by atoms with Crippen LogP contribution in [0.3, 0.4) is 0 Å². The summed E-state index contributed by atoms with van der Waals surface area (Å²) in [7, 11) is 0. The number of halogens is 1. The lowest BCUT2D eigenvalue weighted by Gasteiger charge is -2.00. The normalized spacial score (nSPS) is 11.0. The first-order valence-corrected chi connectivity index (χ1v) is 5.44. The Hall–Kier alpha value is -0.870. The van der Waals surface area contributed by atoms with E-state index in [0.29, 0.717) is 0 Å². The van der Waals surface area contributed by atoms with E-state index in [-0.39, 0.29) is 0 Å². The third kappa shape index (κ3) is 1.67. The Morgan fingerprint density at radius 1 is 1.50 bits per heavy atom. The minimum Gasteiger partial charge on any atom is -0.310 e. The van der Waals surface area contributed by atoms with Gasteiger partial charge in [0.15, 0.2) is 0 Å². The van der Waals surface area contributed by atoms with Crippen molar-refractivity contribution in [2.45, 2.75) is 13.5 Å². The topological polar surface area (TPSA) is 29.3 Å². The number of aromatic nitrogens is 2. The number of nitrogens with zero attached hydrogens (tertiary/aromatic N) is 2. The van der Waals surface area contributed by atoms with E-state index in [2.05, 4.69) is 37.6 Å². The molecule has 0 saturated heterocycles. The average molecular weight is 254 g/mol. The zero-order valence-electron chi connectivity index (χ0n) is 8.00. The van der Waals surface area contributed by atoms with E-state index in [1.54, 1.807) is 0 Å². The van der Waals surface area contributed by atoms with Crippen molar-refractivity contribution in [2.75, 3.05) is 6.54 Å². The van der Waals surface area contributed by atoms with Gasteiger partial charge in [-0.25, -0.2) is 4.98 Å². The second-order valence-electron chi connectivity index (χ2n) is 3.06. The van der Waals surface area contributed by atoms with Crippen LogP contribution >= 0.6 is 15.9 Å². The largest absolute Gasteiger partial charge is 0.310 e. The molecule has 0 bridgehead atoms. The lowest BCUT2D eigenvalue weighted by atomic mass is 10.4. The van der Waals surface area contributed by atoms with Gasteiger partial charge in [-0.2, -0.15) is 0 Å². The minimum atomic E-state index is 0.799. The van der Waals surface area contributed by atoms with Crippen molar-refractivity contribution in [1.29, 1.82) is 0 Å². The smallest absolute Gasteiger partial charge is 0.132 e. The summed E-state index contributed by atoms with van der Waals surface area (Å²) in [6.45, 7) is 3.84. The molecule has 0 radical (unpaired) electrons. The van der Waals surface area contributed by atoms with Crippen molar-refractivity contribution < 1.29 is 0 Å². The van der Waals surface area contributed by atoms with Crippen LogP contribution in [0, 0.1) is 0 Å². The monoisotopic (exact) mass is 253 g/mol. The molecule has 2 aromatic rings. The molecule has 0 aliphatic heterocycles. The predicted octanol–water partition coefficient (Wildman–Crippen LogP) is 2.21. The molecule has 2 rings (SSSR count). The molecule has 2 heterocycles. The van der Waals surface area contributed by atoms with Gasteiger partial charge in [0.25, 0.3) is 0 Å². The highest BCUT2D eigenvalue weighted by Gasteiger charge is 2.06. The summed E-state index contributed by atoms with van der Waals surface area (Å²) in [5, 5.41) is 3.27. The fourth-order valence-corrected chi connectivity index (χ4v) is 1.95. The number of fused-ring (bicyclic) bond motifs is 1. The highest BCUT2D eigenvalue weighted by Crippen LogP contribution is 2.18. The molecule has 0 amide bonds. The molecule has 0 atom stereocenters. The predicted molar refractivity (Wildman–Crippen MR) is 60.3 cm³/mol. The quantitative estimate of drug-likeness (QED) is 0.909. The first kappa shape index (κ1) is 9.68. The molecule has 0 aliphatic carbocycles. The molecule has 14 heavy (non-hydrogen) atoms. The highest BCUT2D eigenvalue weighted by molar-refractivity contribution is 9.10. The Labute approximate surface area is 91.3 Å². The molecular weight excluding hydrogens is 242 g/mol. The Morgan fingerprint density at radius 2 is 2.36 bits per heavy atom. The number of hydrogen-bond acceptors (Lipinski definition) is 2. The van der Waals surface area contributed by atoms with Crippen LogP contribution in [0.1, 0.15) is 12.7 Å². The van der Waals surface area contributed by atoms with Gasteiger partial charge in [0, 0.05) is 6.20 Å². The van der Waals surface area contributed by atoms with Crippen molar-refractivity contribution >= 4 is 21.4 Å². The Kier molecular flexibility index (Phi) is 2.84.